The molecule has 0 radical (unpaired) electrons. The van der Waals surface area contributed by atoms with Gasteiger partial charge in [-0.15, -0.1) is 0 Å². The molecule has 148 valence electrons. The van der Waals surface area contributed by atoms with Gasteiger partial charge >= 0.3 is 0 Å². The maximum absolute atomic E-state index is 13.5. The summed E-state index contributed by atoms with van der Waals surface area (Å²) in [6.07, 6.45) is 8.79. The van der Waals surface area contributed by atoms with E-state index in [1.165, 1.54) is 29.5 Å². The number of quaternary nitrogens is 1. The summed E-state index contributed by atoms with van der Waals surface area (Å²) in [5.41, 5.74) is 4.42. The predicted molar refractivity (Wildman–Crippen MR) is 116 cm³/mol. The van der Waals surface area contributed by atoms with Crippen molar-refractivity contribution in [2.24, 2.45) is 0 Å². The molecule has 1 unspecified atom stereocenters. The number of carbonyl (C=O) groups excluding carboxylic acids is 1. The molecule has 3 aromatic rings. The Morgan fingerprint density at radius 3 is 2.72 bits per heavy atom. The van der Waals surface area contributed by atoms with Gasteiger partial charge in [-0.05, 0) is 36.3 Å². The van der Waals surface area contributed by atoms with Crippen LogP contribution in [0.5, 0.6) is 0 Å². The van der Waals surface area contributed by atoms with Gasteiger partial charge in [0, 0.05) is 54.2 Å². The van der Waals surface area contributed by atoms with E-state index < -0.39 is 0 Å². The summed E-state index contributed by atoms with van der Waals surface area (Å²) >= 11 is 0. The van der Waals surface area contributed by atoms with Gasteiger partial charge in [-0.25, -0.2) is 0 Å². The molecule has 4 heteroatoms. The Bertz CT molecular complexity index is 1050. The number of hydrogen-bond acceptors (Lipinski definition) is 1. The largest absolute Gasteiger partial charge is 0.361 e. The number of nitrogens with zero attached hydrogens (tertiary/aromatic N) is 1. The average molecular weight is 387 g/mol. The summed E-state index contributed by atoms with van der Waals surface area (Å²) in [5.74, 6) is 0.121. The Kier molecular flexibility index (Phi) is 4.72. The number of aromatic nitrogens is 1. The topological polar surface area (TPSA) is 40.5 Å². The number of para-hydroxylation sites is 1. The maximum atomic E-state index is 13.5. The summed E-state index contributed by atoms with van der Waals surface area (Å²) in [5, 5.41) is 1.25. The molecular weight excluding hydrogens is 358 g/mol. The van der Waals surface area contributed by atoms with Crippen LogP contribution in [0.25, 0.3) is 10.9 Å². The molecule has 4 nitrogen and oxygen atoms in total. The van der Waals surface area contributed by atoms with Gasteiger partial charge in [-0.2, -0.15) is 0 Å². The molecule has 1 amide bonds. The van der Waals surface area contributed by atoms with Crippen LogP contribution in [0.2, 0.25) is 0 Å². The fraction of sp³-hybridized carbons (Fsp3) is 0.320. The highest BCUT2D eigenvalue weighted by molar-refractivity contribution is 5.95. The quantitative estimate of drug-likeness (QED) is 0.695. The van der Waals surface area contributed by atoms with Crippen LogP contribution < -0.4 is 4.90 Å². The third-order valence-electron chi connectivity index (χ3n) is 6.80. The molecule has 2 aliphatic heterocycles. The lowest BCUT2D eigenvalue weighted by atomic mass is 10.0. The molecule has 3 atom stereocenters. The molecule has 29 heavy (non-hydrogen) atoms. The minimum absolute atomic E-state index is 0.121. The van der Waals surface area contributed by atoms with E-state index in [0.717, 1.165) is 23.9 Å². The van der Waals surface area contributed by atoms with E-state index in [-0.39, 0.29) is 5.91 Å². The van der Waals surface area contributed by atoms with Crippen molar-refractivity contribution in [3.63, 3.8) is 0 Å². The van der Waals surface area contributed by atoms with Crippen LogP contribution in [-0.2, 0) is 6.42 Å². The SMILES string of the molecule is C[NH+]1[C@H]2CC[C@@H]1C=C(N(CCc1c[nH]c3ccccc13)C(=O)c1ccccc1)C2. The normalized spacial score (nSPS) is 23.2. The van der Waals surface area contributed by atoms with Crippen molar-refractivity contribution in [1.82, 2.24) is 9.88 Å². The van der Waals surface area contributed by atoms with Gasteiger partial charge in [-0.3, -0.25) is 4.79 Å². The molecule has 2 aliphatic rings. The highest BCUT2D eigenvalue weighted by Gasteiger charge is 2.40. The van der Waals surface area contributed by atoms with E-state index in [0.29, 0.717) is 18.6 Å². The van der Waals surface area contributed by atoms with Crippen molar-refractivity contribution < 1.29 is 9.69 Å². The molecule has 1 saturated heterocycles. The molecule has 0 aliphatic carbocycles. The highest BCUT2D eigenvalue weighted by Crippen LogP contribution is 2.27. The second-order valence-corrected chi connectivity index (χ2v) is 8.42. The van der Waals surface area contributed by atoms with Crippen molar-refractivity contribution in [1.29, 1.82) is 0 Å². The summed E-state index contributed by atoms with van der Waals surface area (Å²) < 4.78 is 0. The molecule has 2 aromatic carbocycles. The minimum atomic E-state index is 0.121. The number of H-pyrrole nitrogens is 1. The number of benzene rings is 2. The molecular formula is C25H28N3O+. The smallest absolute Gasteiger partial charge is 0.258 e. The molecule has 2 N–H and O–H groups in total. The summed E-state index contributed by atoms with van der Waals surface area (Å²) in [6.45, 7) is 0.708. The van der Waals surface area contributed by atoms with E-state index in [9.17, 15) is 4.79 Å². The fourth-order valence-corrected chi connectivity index (χ4v) is 5.05. The first-order valence-corrected chi connectivity index (χ1v) is 10.7. The number of amides is 1. The van der Waals surface area contributed by atoms with Crippen LogP contribution in [0.15, 0.2) is 72.6 Å². The standard InChI is InChI=1S/C25H27N3O/c1-27-20-11-12-21(27)16-22(15-20)28(25(29)18-7-3-2-4-8-18)14-13-19-17-26-24-10-6-5-9-23(19)24/h2-10,15,17,20-21,26H,11-14,16H2,1H3/p+1/t20-,21+/m1/s1. The molecule has 0 spiro atoms. The van der Waals surface area contributed by atoms with Crippen LogP contribution in [-0.4, -0.2) is 41.5 Å². The average Bonchev–Trinajstić information content (AvgIpc) is 3.24. The van der Waals surface area contributed by atoms with Crippen molar-refractivity contribution in [2.75, 3.05) is 13.6 Å². The third-order valence-corrected chi connectivity index (χ3v) is 6.80. The Morgan fingerprint density at radius 2 is 1.90 bits per heavy atom. The molecule has 5 rings (SSSR count). The zero-order valence-corrected chi connectivity index (χ0v) is 16.9. The first-order valence-electron chi connectivity index (χ1n) is 10.7. The lowest BCUT2D eigenvalue weighted by Gasteiger charge is -2.33. The van der Waals surface area contributed by atoms with Crippen LogP contribution in [0.4, 0.5) is 0 Å². The van der Waals surface area contributed by atoms with Gasteiger partial charge in [0.15, 0.2) is 0 Å². The second-order valence-electron chi connectivity index (χ2n) is 8.42. The van der Waals surface area contributed by atoms with E-state index in [1.807, 2.05) is 30.3 Å². The molecule has 1 aromatic heterocycles. The Labute approximate surface area is 171 Å². The van der Waals surface area contributed by atoms with Gasteiger partial charge in [0.25, 0.3) is 5.91 Å². The number of aromatic amines is 1. The van der Waals surface area contributed by atoms with E-state index in [1.54, 1.807) is 4.90 Å². The van der Waals surface area contributed by atoms with E-state index >= 15 is 0 Å². The Balaban J connectivity index is 1.44. The Hall–Kier alpha value is -2.85. The monoisotopic (exact) mass is 386 g/mol. The number of hydrogen-bond donors (Lipinski definition) is 2. The number of rotatable bonds is 5. The molecule has 2 bridgehead atoms. The van der Waals surface area contributed by atoms with Crippen LogP contribution in [0.3, 0.4) is 0 Å². The summed E-state index contributed by atoms with van der Waals surface area (Å²) in [4.78, 5) is 20.5. The van der Waals surface area contributed by atoms with E-state index in [2.05, 4.69) is 53.5 Å². The minimum Gasteiger partial charge on any atom is -0.361 e. The van der Waals surface area contributed by atoms with Gasteiger partial charge in [0.05, 0.1) is 13.1 Å². The van der Waals surface area contributed by atoms with Crippen LogP contribution in [0, 0.1) is 0 Å². The van der Waals surface area contributed by atoms with Crippen LogP contribution >= 0.6 is 0 Å². The lowest BCUT2D eigenvalue weighted by Crippen LogP contribution is -3.14. The van der Waals surface area contributed by atoms with E-state index in [4.69, 9.17) is 0 Å². The van der Waals surface area contributed by atoms with Crippen molar-refractivity contribution in [3.05, 3.63) is 83.7 Å². The first kappa shape index (κ1) is 18.2. The molecule has 1 fully saturated rings. The maximum Gasteiger partial charge on any atom is 0.258 e. The number of nitrogens with one attached hydrogen (secondary N) is 2. The number of fused-ring (bicyclic) bond motifs is 3. The summed E-state index contributed by atoms with van der Waals surface area (Å²) in [6, 6.07) is 19.3. The lowest BCUT2D eigenvalue weighted by molar-refractivity contribution is -0.912. The van der Waals surface area contributed by atoms with Crippen LogP contribution in [0.1, 0.15) is 35.2 Å². The number of likely N-dealkylation sites (N-methyl/N-ethyl adjacent to an activating group) is 1. The van der Waals surface area contributed by atoms with Gasteiger partial charge < -0.3 is 14.8 Å². The zero-order chi connectivity index (χ0) is 19.8. The number of carbonyl (C=O) groups is 1. The molecule has 3 heterocycles. The zero-order valence-electron chi connectivity index (χ0n) is 16.9. The summed E-state index contributed by atoms with van der Waals surface area (Å²) in [7, 11) is 2.30. The Morgan fingerprint density at radius 1 is 1.10 bits per heavy atom. The second kappa shape index (κ2) is 7.53. The fourth-order valence-electron chi connectivity index (χ4n) is 5.05. The van der Waals surface area contributed by atoms with Gasteiger partial charge in [0.2, 0.25) is 0 Å². The van der Waals surface area contributed by atoms with Crippen molar-refractivity contribution in [2.45, 2.75) is 37.8 Å². The van der Waals surface area contributed by atoms with Crippen molar-refractivity contribution in [3.8, 4) is 0 Å². The highest BCUT2D eigenvalue weighted by atomic mass is 16.2. The molecule has 0 saturated carbocycles. The third kappa shape index (κ3) is 3.38. The van der Waals surface area contributed by atoms with Gasteiger partial charge in [-0.1, -0.05) is 36.4 Å². The van der Waals surface area contributed by atoms with Crippen molar-refractivity contribution >= 4 is 16.8 Å². The first-order chi connectivity index (χ1) is 14.2. The predicted octanol–water partition coefficient (Wildman–Crippen LogP) is 3.19. The van der Waals surface area contributed by atoms with Gasteiger partial charge in [0.1, 0.15) is 6.04 Å².